The van der Waals surface area contributed by atoms with Crippen LogP contribution in [0.1, 0.15) is 26.7 Å². The zero-order valence-corrected chi connectivity index (χ0v) is 12.5. The molecule has 1 aliphatic heterocycles. The molecule has 19 heavy (non-hydrogen) atoms. The lowest BCUT2D eigenvalue weighted by molar-refractivity contribution is 0.0490. The van der Waals surface area contributed by atoms with Crippen LogP contribution in [-0.2, 0) is 14.2 Å². The molecule has 2 unspecified atom stereocenters. The van der Waals surface area contributed by atoms with Gasteiger partial charge in [0.2, 0.25) is 0 Å². The van der Waals surface area contributed by atoms with Gasteiger partial charge in [-0.05, 0) is 12.8 Å². The molecule has 0 aromatic carbocycles. The molecular weight excluding hydrogens is 244 g/mol. The summed E-state index contributed by atoms with van der Waals surface area (Å²) in [6, 6.07) is 0.838. The van der Waals surface area contributed by atoms with Crippen LogP contribution in [-0.4, -0.2) is 64.8 Å². The minimum atomic E-state index is 0.419. The summed E-state index contributed by atoms with van der Waals surface area (Å²) in [5, 5.41) is 6.92. The predicted molar refractivity (Wildman–Crippen MR) is 76.6 cm³/mol. The molecule has 5 heteroatoms. The van der Waals surface area contributed by atoms with Crippen LogP contribution in [0.15, 0.2) is 0 Å². The van der Waals surface area contributed by atoms with E-state index in [-0.39, 0.29) is 0 Å². The second kappa shape index (κ2) is 11.6. The van der Waals surface area contributed by atoms with Gasteiger partial charge in [-0.1, -0.05) is 13.8 Å². The Bertz CT molecular complexity index is 185. The summed E-state index contributed by atoms with van der Waals surface area (Å²) in [4.78, 5) is 0. The van der Waals surface area contributed by atoms with Crippen molar-refractivity contribution in [2.75, 3.05) is 52.7 Å². The van der Waals surface area contributed by atoms with Gasteiger partial charge in [0, 0.05) is 25.2 Å². The van der Waals surface area contributed by atoms with Crippen LogP contribution in [0.25, 0.3) is 0 Å². The fourth-order valence-corrected chi connectivity index (χ4v) is 1.99. The second-order valence-electron chi connectivity index (χ2n) is 4.88. The smallest absolute Gasteiger partial charge is 0.0701 e. The molecule has 0 bridgehead atoms. The van der Waals surface area contributed by atoms with E-state index in [1.807, 2.05) is 0 Å². The largest absolute Gasteiger partial charge is 0.378 e. The van der Waals surface area contributed by atoms with Gasteiger partial charge in [0.1, 0.15) is 0 Å². The zero-order valence-electron chi connectivity index (χ0n) is 12.5. The molecule has 1 heterocycles. The maximum atomic E-state index is 5.81. The Balaban J connectivity index is 2.31. The molecule has 0 aliphatic carbocycles. The monoisotopic (exact) mass is 274 g/mol. The maximum absolute atomic E-state index is 5.81. The molecular formula is C14H30N2O3. The van der Waals surface area contributed by atoms with Crippen LogP contribution in [0.5, 0.6) is 0 Å². The summed E-state index contributed by atoms with van der Waals surface area (Å²) in [6.45, 7) is 10.5. The molecule has 1 rings (SSSR count). The fourth-order valence-electron chi connectivity index (χ4n) is 1.99. The van der Waals surface area contributed by atoms with Crippen LogP contribution in [0.3, 0.4) is 0 Å². The van der Waals surface area contributed by atoms with E-state index in [9.17, 15) is 0 Å². The molecule has 0 saturated carbocycles. The zero-order chi connectivity index (χ0) is 13.8. The van der Waals surface area contributed by atoms with Gasteiger partial charge in [-0.25, -0.2) is 0 Å². The summed E-state index contributed by atoms with van der Waals surface area (Å²) in [6.07, 6.45) is 2.15. The Hall–Kier alpha value is -0.200. The Morgan fingerprint density at radius 3 is 1.63 bits per heavy atom. The van der Waals surface area contributed by atoms with Gasteiger partial charge in [-0.3, -0.25) is 0 Å². The lowest BCUT2D eigenvalue weighted by atomic mass is 10.2. The van der Waals surface area contributed by atoms with Crippen molar-refractivity contribution >= 4 is 0 Å². The van der Waals surface area contributed by atoms with Crippen molar-refractivity contribution in [2.24, 2.45) is 0 Å². The third-order valence-corrected chi connectivity index (χ3v) is 3.35. The lowest BCUT2D eigenvalue weighted by Gasteiger charge is -2.20. The molecule has 1 saturated heterocycles. The van der Waals surface area contributed by atoms with E-state index >= 15 is 0 Å². The maximum Gasteiger partial charge on any atom is 0.0701 e. The van der Waals surface area contributed by atoms with Crippen LogP contribution in [0.4, 0.5) is 0 Å². The highest BCUT2D eigenvalue weighted by Gasteiger charge is 2.09. The summed E-state index contributed by atoms with van der Waals surface area (Å²) in [5.41, 5.74) is 0. The van der Waals surface area contributed by atoms with Crippen LogP contribution >= 0.6 is 0 Å². The average Bonchev–Trinajstić information content (AvgIpc) is 2.45. The van der Waals surface area contributed by atoms with Crippen molar-refractivity contribution in [3.8, 4) is 0 Å². The van der Waals surface area contributed by atoms with E-state index in [0.29, 0.717) is 25.3 Å². The lowest BCUT2D eigenvalue weighted by Crippen LogP contribution is -2.39. The van der Waals surface area contributed by atoms with Gasteiger partial charge < -0.3 is 24.8 Å². The molecule has 5 nitrogen and oxygen atoms in total. The highest BCUT2D eigenvalue weighted by molar-refractivity contribution is 4.67. The SMILES string of the molecule is CCC1COCC(CC)NCCOCCOCCN1. The predicted octanol–water partition coefficient (Wildman–Crippen LogP) is 0.786. The number of rotatable bonds is 2. The first-order chi connectivity index (χ1) is 9.36. The summed E-state index contributed by atoms with van der Waals surface area (Å²) in [5.74, 6) is 0. The van der Waals surface area contributed by atoms with Gasteiger partial charge in [-0.15, -0.1) is 0 Å². The van der Waals surface area contributed by atoms with Crippen molar-refractivity contribution in [3.05, 3.63) is 0 Å². The van der Waals surface area contributed by atoms with Gasteiger partial charge in [-0.2, -0.15) is 0 Å². The molecule has 0 amide bonds. The normalized spacial score (nSPS) is 29.4. The number of hydrogen-bond donors (Lipinski definition) is 2. The van der Waals surface area contributed by atoms with E-state index in [1.54, 1.807) is 0 Å². The van der Waals surface area contributed by atoms with E-state index in [4.69, 9.17) is 14.2 Å². The van der Waals surface area contributed by atoms with E-state index in [1.165, 1.54) is 0 Å². The molecule has 0 radical (unpaired) electrons. The second-order valence-corrected chi connectivity index (χ2v) is 4.88. The minimum absolute atomic E-state index is 0.419. The highest BCUT2D eigenvalue weighted by Crippen LogP contribution is 1.97. The van der Waals surface area contributed by atoms with Crippen LogP contribution < -0.4 is 10.6 Å². The molecule has 2 N–H and O–H groups in total. The average molecular weight is 274 g/mol. The Labute approximate surface area is 117 Å². The summed E-state index contributed by atoms with van der Waals surface area (Å²) >= 11 is 0. The first-order valence-corrected chi connectivity index (χ1v) is 7.56. The third-order valence-electron chi connectivity index (χ3n) is 3.35. The quantitative estimate of drug-likeness (QED) is 0.779. The Kier molecular flexibility index (Phi) is 10.3. The van der Waals surface area contributed by atoms with Crippen molar-refractivity contribution in [1.82, 2.24) is 10.6 Å². The van der Waals surface area contributed by atoms with Gasteiger partial charge in [0.15, 0.2) is 0 Å². The number of hydrogen-bond acceptors (Lipinski definition) is 5. The standard InChI is InChI=1S/C14H30N2O3/c1-3-13-11-19-12-14(4-2)16-6-8-18-10-9-17-7-5-15-13/h13-16H,3-12H2,1-2H3. The Morgan fingerprint density at radius 2 is 1.21 bits per heavy atom. The van der Waals surface area contributed by atoms with Crippen LogP contribution in [0, 0.1) is 0 Å². The van der Waals surface area contributed by atoms with E-state index in [0.717, 1.165) is 52.4 Å². The van der Waals surface area contributed by atoms with Crippen molar-refractivity contribution in [3.63, 3.8) is 0 Å². The van der Waals surface area contributed by atoms with E-state index in [2.05, 4.69) is 24.5 Å². The van der Waals surface area contributed by atoms with Crippen molar-refractivity contribution in [2.45, 2.75) is 38.8 Å². The van der Waals surface area contributed by atoms with Gasteiger partial charge >= 0.3 is 0 Å². The topological polar surface area (TPSA) is 51.8 Å². The molecule has 2 atom stereocenters. The summed E-state index contributed by atoms with van der Waals surface area (Å²) < 4.78 is 16.8. The number of ether oxygens (including phenoxy) is 3. The first-order valence-electron chi connectivity index (χ1n) is 7.56. The number of nitrogens with one attached hydrogen (secondary N) is 2. The molecule has 0 spiro atoms. The third kappa shape index (κ3) is 8.55. The van der Waals surface area contributed by atoms with Crippen molar-refractivity contribution < 1.29 is 14.2 Å². The molecule has 0 aromatic rings. The highest BCUT2D eigenvalue weighted by atomic mass is 16.5. The van der Waals surface area contributed by atoms with Gasteiger partial charge in [0.05, 0.1) is 39.6 Å². The van der Waals surface area contributed by atoms with E-state index < -0.39 is 0 Å². The van der Waals surface area contributed by atoms with Crippen LogP contribution in [0.2, 0.25) is 0 Å². The molecule has 114 valence electrons. The van der Waals surface area contributed by atoms with Gasteiger partial charge in [0.25, 0.3) is 0 Å². The molecule has 0 aromatic heterocycles. The van der Waals surface area contributed by atoms with Crippen molar-refractivity contribution in [1.29, 1.82) is 0 Å². The first kappa shape index (κ1) is 16.9. The molecule has 1 aliphatic rings. The summed E-state index contributed by atoms with van der Waals surface area (Å²) in [7, 11) is 0. The molecule has 1 fully saturated rings. The fraction of sp³-hybridized carbons (Fsp3) is 1.00. The minimum Gasteiger partial charge on any atom is -0.378 e. The Morgan fingerprint density at radius 1 is 0.737 bits per heavy atom.